The van der Waals surface area contributed by atoms with E-state index in [1.165, 1.54) is 28.6 Å². The van der Waals surface area contributed by atoms with Gasteiger partial charge in [0.25, 0.3) is 5.91 Å². The van der Waals surface area contributed by atoms with Gasteiger partial charge in [0.05, 0.1) is 4.90 Å². The van der Waals surface area contributed by atoms with Crippen molar-refractivity contribution in [1.29, 1.82) is 0 Å². The van der Waals surface area contributed by atoms with Gasteiger partial charge in [-0.15, -0.1) is 0 Å². The van der Waals surface area contributed by atoms with E-state index >= 15 is 0 Å². The van der Waals surface area contributed by atoms with E-state index < -0.39 is 28.4 Å². The fourth-order valence-electron chi connectivity index (χ4n) is 3.98. The number of hydrogen-bond donors (Lipinski definition) is 2. The lowest BCUT2D eigenvalue weighted by molar-refractivity contribution is -0.135. The van der Waals surface area contributed by atoms with Crippen molar-refractivity contribution in [2.45, 2.75) is 30.6 Å². The summed E-state index contributed by atoms with van der Waals surface area (Å²) in [6.45, 7) is 2.69. The average molecular weight is 410 g/mol. The number of piperidine rings is 2. The Morgan fingerprint density at radius 1 is 1.04 bits per heavy atom. The summed E-state index contributed by atoms with van der Waals surface area (Å²) in [5.41, 5.74) is 0.495. The van der Waals surface area contributed by atoms with Crippen LogP contribution in [0.5, 0.6) is 0 Å². The summed E-state index contributed by atoms with van der Waals surface area (Å²) in [6.07, 6.45) is 4.01. The minimum absolute atomic E-state index is 0.154. The highest BCUT2D eigenvalue weighted by Gasteiger charge is 2.39. The predicted octanol–water partition coefficient (Wildman–Crippen LogP) is 0.998. The number of aliphatic carboxylic acids is 1. The molecule has 0 aliphatic carbocycles. The normalized spacial score (nSPS) is 20.8. The predicted molar refractivity (Wildman–Crippen MR) is 104 cm³/mol. The van der Waals surface area contributed by atoms with E-state index in [2.05, 4.69) is 17.3 Å². The molecule has 28 heavy (non-hydrogen) atoms. The number of likely N-dealkylation sites (tertiary alicyclic amines) is 1. The number of sulfonamides is 1. The monoisotopic (exact) mass is 409 g/mol. The Kier molecular flexibility index (Phi) is 6.07. The first kappa shape index (κ1) is 20.8. The Hall–Kier alpha value is -1.97. The zero-order valence-electron chi connectivity index (χ0n) is 16.1. The fraction of sp³-hybridized carbons (Fsp3) is 0.579. The molecule has 2 N–H and O–H groups in total. The molecule has 2 fully saturated rings. The molecule has 8 nitrogen and oxygen atoms in total. The van der Waals surface area contributed by atoms with E-state index in [0.29, 0.717) is 13.1 Å². The molecule has 2 saturated heterocycles. The fourth-order valence-corrected chi connectivity index (χ4v) is 5.42. The standard InChI is InChI=1S/C19H27N3O5S/c1-21-10-6-19(7-11-21)8-12-22(13-9-19)28(26,27)16-4-2-15(3-5-16)18(25)20-14-17(23)24/h2-5H,6-14H2,1H3,(H,20,25)(H,23,24). The van der Waals surface area contributed by atoms with Crippen molar-refractivity contribution < 1.29 is 23.1 Å². The Bertz CT molecular complexity index is 820. The number of carboxylic acids is 1. The molecular formula is C19H27N3O5S. The lowest BCUT2D eigenvalue weighted by Gasteiger charge is -2.45. The maximum Gasteiger partial charge on any atom is 0.322 e. The van der Waals surface area contributed by atoms with Gasteiger partial charge in [-0.1, -0.05) is 0 Å². The average Bonchev–Trinajstić information content (AvgIpc) is 2.69. The zero-order valence-corrected chi connectivity index (χ0v) is 16.9. The Morgan fingerprint density at radius 3 is 2.11 bits per heavy atom. The summed E-state index contributed by atoms with van der Waals surface area (Å²) in [7, 11) is -1.48. The van der Waals surface area contributed by atoms with Crippen LogP contribution in [0.15, 0.2) is 29.2 Å². The summed E-state index contributed by atoms with van der Waals surface area (Å²) < 4.78 is 27.4. The Labute approximate surface area is 165 Å². The maximum atomic E-state index is 12.9. The molecule has 3 rings (SSSR count). The van der Waals surface area contributed by atoms with E-state index in [-0.39, 0.29) is 15.9 Å². The van der Waals surface area contributed by atoms with Gasteiger partial charge in [-0.25, -0.2) is 8.42 Å². The van der Waals surface area contributed by atoms with Crippen LogP contribution in [-0.2, 0) is 14.8 Å². The minimum Gasteiger partial charge on any atom is -0.480 e. The summed E-state index contributed by atoms with van der Waals surface area (Å²) in [5.74, 6) is -1.69. The number of nitrogens with zero attached hydrogens (tertiary/aromatic N) is 2. The van der Waals surface area contributed by atoms with Crippen molar-refractivity contribution in [1.82, 2.24) is 14.5 Å². The van der Waals surface area contributed by atoms with Gasteiger partial charge in [0, 0.05) is 18.7 Å². The van der Waals surface area contributed by atoms with Gasteiger partial charge in [-0.3, -0.25) is 9.59 Å². The van der Waals surface area contributed by atoms with Crippen LogP contribution < -0.4 is 5.32 Å². The van der Waals surface area contributed by atoms with E-state index in [0.717, 1.165) is 38.8 Å². The summed E-state index contributed by atoms with van der Waals surface area (Å²) in [4.78, 5) is 24.9. The van der Waals surface area contributed by atoms with Gasteiger partial charge in [-0.05, 0) is 75.5 Å². The van der Waals surface area contributed by atoms with Gasteiger partial charge >= 0.3 is 5.97 Å². The summed E-state index contributed by atoms with van der Waals surface area (Å²) in [6, 6.07) is 5.63. The van der Waals surface area contributed by atoms with Crippen molar-refractivity contribution >= 4 is 21.9 Å². The highest BCUT2D eigenvalue weighted by atomic mass is 32.2. The first-order chi connectivity index (χ1) is 13.2. The maximum absolute atomic E-state index is 12.9. The molecule has 0 saturated carbocycles. The molecule has 1 amide bonds. The van der Waals surface area contributed by atoms with Crippen molar-refractivity contribution in [2.75, 3.05) is 39.8 Å². The topological polar surface area (TPSA) is 107 Å². The Balaban J connectivity index is 1.63. The van der Waals surface area contributed by atoms with Crippen LogP contribution in [0.3, 0.4) is 0 Å². The van der Waals surface area contributed by atoms with E-state index in [1.54, 1.807) is 0 Å². The number of carbonyl (C=O) groups excluding carboxylic acids is 1. The van der Waals surface area contributed by atoms with Crippen LogP contribution in [0.1, 0.15) is 36.0 Å². The molecule has 0 radical (unpaired) electrons. The van der Waals surface area contributed by atoms with Gasteiger partial charge in [0.1, 0.15) is 6.54 Å². The van der Waals surface area contributed by atoms with Crippen LogP contribution in [0.25, 0.3) is 0 Å². The number of amides is 1. The summed E-state index contributed by atoms with van der Waals surface area (Å²) in [5, 5.41) is 10.9. The smallest absolute Gasteiger partial charge is 0.322 e. The molecule has 0 atom stereocenters. The molecule has 0 unspecified atom stereocenters. The Morgan fingerprint density at radius 2 is 1.57 bits per heavy atom. The van der Waals surface area contributed by atoms with E-state index in [9.17, 15) is 18.0 Å². The third-order valence-corrected chi connectivity index (χ3v) is 7.90. The molecule has 2 aliphatic heterocycles. The van der Waals surface area contributed by atoms with Crippen LogP contribution in [0.4, 0.5) is 0 Å². The van der Waals surface area contributed by atoms with Gasteiger partial charge in [-0.2, -0.15) is 4.31 Å². The molecule has 0 bridgehead atoms. The lowest BCUT2D eigenvalue weighted by Crippen LogP contribution is -2.47. The molecule has 1 spiro atoms. The van der Waals surface area contributed by atoms with Crippen molar-refractivity contribution in [2.24, 2.45) is 5.41 Å². The van der Waals surface area contributed by atoms with Crippen molar-refractivity contribution in [3.05, 3.63) is 29.8 Å². The minimum atomic E-state index is -3.60. The molecule has 1 aromatic carbocycles. The number of benzene rings is 1. The molecule has 2 heterocycles. The van der Waals surface area contributed by atoms with Gasteiger partial charge < -0.3 is 15.3 Å². The number of carboxylic acid groups (broad SMARTS) is 1. The number of carbonyl (C=O) groups is 2. The molecule has 154 valence electrons. The molecule has 2 aliphatic rings. The van der Waals surface area contributed by atoms with Gasteiger partial charge in [0.2, 0.25) is 10.0 Å². The largest absolute Gasteiger partial charge is 0.480 e. The second kappa shape index (κ2) is 8.18. The van der Waals surface area contributed by atoms with Crippen LogP contribution >= 0.6 is 0 Å². The molecule has 0 aromatic heterocycles. The lowest BCUT2D eigenvalue weighted by atomic mass is 9.72. The van der Waals surface area contributed by atoms with Crippen LogP contribution in [-0.4, -0.2) is 74.4 Å². The van der Waals surface area contributed by atoms with Crippen LogP contribution in [0.2, 0.25) is 0 Å². The van der Waals surface area contributed by atoms with E-state index in [4.69, 9.17) is 5.11 Å². The molecular weight excluding hydrogens is 382 g/mol. The highest BCUT2D eigenvalue weighted by Crippen LogP contribution is 2.41. The molecule has 1 aromatic rings. The number of rotatable bonds is 5. The summed E-state index contributed by atoms with van der Waals surface area (Å²) >= 11 is 0. The van der Waals surface area contributed by atoms with Crippen molar-refractivity contribution in [3.63, 3.8) is 0 Å². The number of hydrogen-bond acceptors (Lipinski definition) is 5. The third kappa shape index (κ3) is 4.53. The van der Waals surface area contributed by atoms with E-state index in [1.807, 2.05) is 0 Å². The SMILES string of the molecule is CN1CCC2(CC1)CCN(S(=O)(=O)c1ccc(C(=O)NCC(=O)O)cc1)CC2. The number of nitrogens with one attached hydrogen (secondary N) is 1. The van der Waals surface area contributed by atoms with Gasteiger partial charge in [0.15, 0.2) is 0 Å². The third-order valence-electron chi connectivity index (χ3n) is 5.99. The quantitative estimate of drug-likeness (QED) is 0.751. The first-order valence-corrected chi connectivity index (χ1v) is 10.9. The first-order valence-electron chi connectivity index (χ1n) is 9.51. The second-order valence-electron chi connectivity index (χ2n) is 7.81. The van der Waals surface area contributed by atoms with Crippen LogP contribution in [0, 0.1) is 5.41 Å². The van der Waals surface area contributed by atoms with Crippen molar-refractivity contribution in [3.8, 4) is 0 Å². The highest BCUT2D eigenvalue weighted by molar-refractivity contribution is 7.89. The second-order valence-corrected chi connectivity index (χ2v) is 9.75. The molecule has 9 heteroatoms. The zero-order chi connectivity index (χ0) is 20.4.